The van der Waals surface area contributed by atoms with Gasteiger partial charge in [-0.25, -0.2) is 4.79 Å². The van der Waals surface area contributed by atoms with Crippen LogP contribution < -0.4 is 10.2 Å². The molecule has 3 aromatic carbocycles. The number of nitrogens with one attached hydrogen (secondary N) is 1. The number of carbonyl (C=O) groups is 2. The van der Waals surface area contributed by atoms with Gasteiger partial charge in [-0.15, -0.1) is 0 Å². The van der Waals surface area contributed by atoms with Crippen LogP contribution in [0.25, 0.3) is 0 Å². The van der Waals surface area contributed by atoms with Gasteiger partial charge in [0.25, 0.3) is 5.91 Å². The third kappa shape index (κ3) is 3.91. The van der Waals surface area contributed by atoms with Crippen molar-refractivity contribution < 1.29 is 14.3 Å². The molecular formula is C26H26N2O3. The molecule has 0 saturated carbocycles. The zero-order valence-corrected chi connectivity index (χ0v) is 18.0. The highest BCUT2D eigenvalue weighted by Gasteiger charge is 2.34. The number of benzene rings is 3. The summed E-state index contributed by atoms with van der Waals surface area (Å²) in [4.78, 5) is 27.1. The van der Waals surface area contributed by atoms with Crippen molar-refractivity contribution in [3.63, 3.8) is 0 Å². The standard InChI is InChI=1S/C26H26N2O3/c1-4-17(2)18-13-15-21(16-14-18)28-24(19-9-11-20(12-10-19)26(30)31-3)27-23-8-6-5-7-22(23)25(28)29/h5-17,24,27H,4H2,1-3H3/t17-,24-/m0/s1. The van der Waals surface area contributed by atoms with Gasteiger partial charge in [-0.05, 0) is 59.9 Å². The molecule has 1 N–H and O–H groups in total. The molecule has 0 spiro atoms. The first-order chi connectivity index (χ1) is 15.0. The maximum atomic E-state index is 13.5. The summed E-state index contributed by atoms with van der Waals surface area (Å²) in [7, 11) is 1.36. The van der Waals surface area contributed by atoms with Crippen LogP contribution in [0.4, 0.5) is 11.4 Å². The summed E-state index contributed by atoms with van der Waals surface area (Å²) in [6.07, 6.45) is 0.662. The largest absolute Gasteiger partial charge is 0.465 e. The van der Waals surface area contributed by atoms with Gasteiger partial charge in [-0.3, -0.25) is 9.69 Å². The second-order valence-electron chi connectivity index (χ2n) is 7.78. The molecule has 1 aliphatic rings. The van der Waals surface area contributed by atoms with Crippen molar-refractivity contribution in [2.24, 2.45) is 0 Å². The Balaban J connectivity index is 1.76. The fourth-order valence-electron chi connectivity index (χ4n) is 3.87. The molecule has 3 aromatic rings. The lowest BCUT2D eigenvalue weighted by molar-refractivity contribution is 0.0600. The molecule has 158 valence electrons. The molecule has 0 aliphatic carbocycles. The Kier molecular flexibility index (Phi) is 5.76. The molecule has 2 atom stereocenters. The average Bonchev–Trinajstić information content (AvgIpc) is 2.83. The molecule has 0 aromatic heterocycles. The first-order valence-electron chi connectivity index (χ1n) is 10.5. The number of anilines is 2. The van der Waals surface area contributed by atoms with Gasteiger partial charge in [0, 0.05) is 11.4 Å². The van der Waals surface area contributed by atoms with E-state index >= 15 is 0 Å². The van der Waals surface area contributed by atoms with Gasteiger partial charge < -0.3 is 10.1 Å². The van der Waals surface area contributed by atoms with Crippen LogP contribution in [0.1, 0.15) is 64.2 Å². The Morgan fingerprint density at radius 2 is 1.71 bits per heavy atom. The number of methoxy groups -OCH3 is 1. The monoisotopic (exact) mass is 414 g/mol. The second-order valence-corrected chi connectivity index (χ2v) is 7.78. The summed E-state index contributed by atoms with van der Waals surface area (Å²) >= 11 is 0. The summed E-state index contributed by atoms with van der Waals surface area (Å²) in [6.45, 7) is 4.37. The van der Waals surface area contributed by atoms with Crippen LogP contribution in [0, 0.1) is 0 Å². The van der Waals surface area contributed by atoms with E-state index in [0.717, 1.165) is 23.4 Å². The third-order valence-electron chi connectivity index (χ3n) is 5.93. The Labute approximate surface area is 182 Å². The van der Waals surface area contributed by atoms with Crippen molar-refractivity contribution in [2.45, 2.75) is 32.4 Å². The molecule has 1 aliphatic heterocycles. The van der Waals surface area contributed by atoms with Crippen LogP contribution in [0.3, 0.4) is 0 Å². The lowest BCUT2D eigenvalue weighted by Gasteiger charge is -2.38. The molecule has 0 fully saturated rings. The van der Waals surface area contributed by atoms with E-state index in [9.17, 15) is 9.59 Å². The summed E-state index contributed by atoms with van der Waals surface area (Å²) in [6, 6.07) is 22.9. The Morgan fingerprint density at radius 3 is 2.35 bits per heavy atom. The Morgan fingerprint density at radius 1 is 1.03 bits per heavy atom. The van der Waals surface area contributed by atoms with Crippen LogP contribution in [-0.4, -0.2) is 19.0 Å². The predicted octanol–water partition coefficient (Wildman–Crippen LogP) is 5.76. The van der Waals surface area contributed by atoms with Gasteiger partial charge in [-0.2, -0.15) is 0 Å². The van der Waals surface area contributed by atoms with E-state index in [2.05, 4.69) is 31.3 Å². The van der Waals surface area contributed by atoms with Crippen LogP contribution in [0.2, 0.25) is 0 Å². The van der Waals surface area contributed by atoms with Crippen LogP contribution in [0.5, 0.6) is 0 Å². The van der Waals surface area contributed by atoms with Crippen LogP contribution in [0.15, 0.2) is 72.8 Å². The molecule has 1 heterocycles. The molecule has 0 bridgehead atoms. The zero-order valence-electron chi connectivity index (χ0n) is 18.0. The van der Waals surface area contributed by atoms with Gasteiger partial charge >= 0.3 is 5.97 Å². The number of esters is 1. The summed E-state index contributed by atoms with van der Waals surface area (Å²) in [5.41, 5.74) is 4.85. The molecule has 31 heavy (non-hydrogen) atoms. The van der Waals surface area contributed by atoms with E-state index in [-0.39, 0.29) is 11.9 Å². The Bertz CT molecular complexity index is 1090. The number of para-hydroxylation sites is 1. The van der Waals surface area contributed by atoms with Gasteiger partial charge in [-0.1, -0.05) is 50.2 Å². The quantitative estimate of drug-likeness (QED) is 0.540. The van der Waals surface area contributed by atoms with E-state index in [1.54, 1.807) is 17.0 Å². The molecule has 0 unspecified atom stereocenters. The maximum absolute atomic E-state index is 13.5. The van der Waals surface area contributed by atoms with Crippen molar-refractivity contribution in [3.05, 3.63) is 95.1 Å². The summed E-state index contributed by atoms with van der Waals surface area (Å²) < 4.78 is 4.80. The fraction of sp³-hybridized carbons (Fsp3) is 0.231. The van der Waals surface area contributed by atoms with Crippen molar-refractivity contribution in [1.29, 1.82) is 0 Å². The van der Waals surface area contributed by atoms with E-state index < -0.39 is 6.17 Å². The highest BCUT2D eigenvalue weighted by atomic mass is 16.5. The lowest BCUT2D eigenvalue weighted by atomic mass is 9.97. The van der Waals surface area contributed by atoms with Crippen molar-refractivity contribution >= 4 is 23.3 Å². The fourth-order valence-corrected chi connectivity index (χ4v) is 3.87. The Hall–Kier alpha value is -3.60. The SMILES string of the molecule is CC[C@H](C)c1ccc(N2C(=O)c3ccccc3N[C@@H]2c2ccc(C(=O)OC)cc2)cc1. The van der Waals surface area contributed by atoms with E-state index in [0.29, 0.717) is 17.0 Å². The predicted molar refractivity (Wildman–Crippen MR) is 123 cm³/mol. The highest BCUT2D eigenvalue weighted by Crippen LogP contribution is 2.37. The number of amides is 1. The molecule has 1 amide bonds. The van der Waals surface area contributed by atoms with E-state index in [4.69, 9.17) is 4.74 Å². The number of carbonyl (C=O) groups excluding carboxylic acids is 2. The second kappa shape index (κ2) is 8.64. The molecule has 5 nitrogen and oxygen atoms in total. The van der Waals surface area contributed by atoms with Crippen molar-refractivity contribution in [2.75, 3.05) is 17.3 Å². The number of hydrogen-bond acceptors (Lipinski definition) is 4. The van der Waals surface area contributed by atoms with Crippen LogP contribution >= 0.6 is 0 Å². The lowest BCUT2D eigenvalue weighted by Crippen LogP contribution is -2.43. The number of nitrogens with zero attached hydrogens (tertiary/aromatic N) is 1. The molecule has 0 saturated heterocycles. The van der Waals surface area contributed by atoms with Crippen LogP contribution in [-0.2, 0) is 4.74 Å². The molecular weight excluding hydrogens is 388 g/mol. The highest BCUT2D eigenvalue weighted by molar-refractivity contribution is 6.12. The minimum Gasteiger partial charge on any atom is -0.465 e. The molecule has 4 rings (SSSR count). The number of hydrogen-bond donors (Lipinski definition) is 1. The third-order valence-corrected chi connectivity index (χ3v) is 5.93. The molecule has 0 radical (unpaired) electrons. The number of fused-ring (bicyclic) bond motifs is 1. The van der Waals surface area contributed by atoms with E-state index in [1.165, 1.54) is 12.7 Å². The van der Waals surface area contributed by atoms with Gasteiger partial charge in [0.05, 0.1) is 18.2 Å². The number of ether oxygens (including phenoxy) is 1. The number of rotatable bonds is 5. The summed E-state index contributed by atoms with van der Waals surface area (Å²) in [5.74, 6) is 0.0152. The zero-order chi connectivity index (χ0) is 22.0. The minimum absolute atomic E-state index is 0.0623. The van der Waals surface area contributed by atoms with Gasteiger partial charge in [0.1, 0.15) is 6.17 Å². The normalized spacial score (nSPS) is 16.3. The van der Waals surface area contributed by atoms with Gasteiger partial charge in [0.15, 0.2) is 0 Å². The summed E-state index contributed by atoms with van der Waals surface area (Å²) in [5, 5.41) is 3.49. The molecule has 5 heteroatoms. The first-order valence-corrected chi connectivity index (χ1v) is 10.5. The van der Waals surface area contributed by atoms with E-state index in [1.807, 2.05) is 48.5 Å². The van der Waals surface area contributed by atoms with Gasteiger partial charge in [0.2, 0.25) is 0 Å². The topological polar surface area (TPSA) is 58.6 Å². The smallest absolute Gasteiger partial charge is 0.337 e. The first kappa shape index (κ1) is 20.7. The minimum atomic E-state index is -0.399. The maximum Gasteiger partial charge on any atom is 0.337 e. The van der Waals surface area contributed by atoms with Crippen molar-refractivity contribution in [1.82, 2.24) is 0 Å². The van der Waals surface area contributed by atoms with Crippen molar-refractivity contribution in [3.8, 4) is 0 Å². The average molecular weight is 415 g/mol.